The Balaban J connectivity index is 2.97. The molecule has 1 N–H and O–H groups in total. The van der Waals surface area contributed by atoms with Crippen LogP contribution in [-0.4, -0.2) is 13.0 Å². The minimum Gasteiger partial charge on any atom is -0.495 e. The van der Waals surface area contributed by atoms with Gasteiger partial charge in [0.1, 0.15) is 11.2 Å². The molecule has 102 valence electrons. The van der Waals surface area contributed by atoms with E-state index in [-0.39, 0.29) is 5.91 Å². The summed E-state index contributed by atoms with van der Waals surface area (Å²) in [6.07, 6.45) is 0.971. The number of carbonyl (C=O) groups is 1. The van der Waals surface area contributed by atoms with Gasteiger partial charge in [0.25, 0.3) is 0 Å². The molecule has 0 radical (unpaired) electrons. The molecule has 0 aliphatic rings. The largest absolute Gasteiger partial charge is 0.495 e. The number of carbonyl (C=O) groups excluding carboxylic acids is 1. The number of ether oxygens (including phenoxy) is 1. The highest BCUT2D eigenvalue weighted by molar-refractivity contribution is 9.10. The molecule has 4 nitrogen and oxygen atoms in total. The molecule has 0 spiro atoms. The Morgan fingerprint density at radius 1 is 1.47 bits per heavy atom. The van der Waals surface area contributed by atoms with Crippen molar-refractivity contribution in [2.75, 3.05) is 12.4 Å². The van der Waals surface area contributed by atoms with Gasteiger partial charge in [-0.3, -0.25) is 4.79 Å². The second-order valence-corrected chi connectivity index (χ2v) is 5.06. The number of benzene rings is 1. The van der Waals surface area contributed by atoms with Crippen molar-refractivity contribution in [2.24, 2.45) is 5.41 Å². The zero-order valence-electron chi connectivity index (χ0n) is 11.3. The SMILES string of the molecule is CCC(C#N)(CC)C(=O)Nc1ccc(Br)c(OC)c1. The second kappa shape index (κ2) is 6.58. The smallest absolute Gasteiger partial charge is 0.244 e. The molecule has 0 aliphatic heterocycles. The van der Waals surface area contributed by atoms with Crippen LogP contribution in [0.1, 0.15) is 26.7 Å². The van der Waals surface area contributed by atoms with Crippen molar-refractivity contribution in [1.82, 2.24) is 0 Å². The number of amides is 1. The van der Waals surface area contributed by atoms with Gasteiger partial charge in [0.15, 0.2) is 0 Å². The molecule has 1 amide bonds. The molecule has 19 heavy (non-hydrogen) atoms. The van der Waals surface area contributed by atoms with Gasteiger partial charge in [0, 0.05) is 11.8 Å². The van der Waals surface area contributed by atoms with Crippen LogP contribution in [0.2, 0.25) is 0 Å². The third kappa shape index (κ3) is 3.27. The number of nitrogens with one attached hydrogen (secondary N) is 1. The van der Waals surface area contributed by atoms with Crippen molar-refractivity contribution < 1.29 is 9.53 Å². The first-order valence-electron chi connectivity index (χ1n) is 6.09. The molecule has 5 heteroatoms. The van der Waals surface area contributed by atoms with E-state index in [1.807, 2.05) is 13.8 Å². The van der Waals surface area contributed by atoms with Crippen LogP contribution >= 0.6 is 15.9 Å². The highest BCUT2D eigenvalue weighted by Gasteiger charge is 2.35. The molecule has 0 saturated heterocycles. The van der Waals surface area contributed by atoms with E-state index in [1.54, 1.807) is 25.3 Å². The van der Waals surface area contributed by atoms with Gasteiger partial charge in [0.05, 0.1) is 17.7 Å². The maximum Gasteiger partial charge on any atom is 0.244 e. The van der Waals surface area contributed by atoms with Gasteiger partial charge < -0.3 is 10.1 Å². The summed E-state index contributed by atoms with van der Waals surface area (Å²) in [5.41, 5.74) is -0.355. The van der Waals surface area contributed by atoms with Gasteiger partial charge in [-0.25, -0.2) is 0 Å². The molecule has 0 unspecified atom stereocenters. The van der Waals surface area contributed by atoms with Gasteiger partial charge in [-0.15, -0.1) is 0 Å². The number of rotatable bonds is 5. The molecule has 0 atom stereocenters. The van der Waals surface area contributed by atoms with Gasteiger partial charge in [-0.05, 0) is 40.9 Å². The lowest BCUT2D eigenvalue weighted by Crippen LogP contribution is -2.33. The van der Waals surface area contributed by atoms with E-state index in [0.29, 0.717) is 24.3 Å². The fourth-order valence-electron chi connectivity index (χ4n) is 1.77. The van der Waals surface area contributed by atoms with Crippen LogP contribution in [0.25, 0.3) is 0 Å². The van der Waals surface area contributed by atoms with Crippen molar-refractivity contribution in [1.29, 1.82) is 5.26 Å². The highest BCUT2D eigenvalue weighted by atomic mass is 79.9. The van der Waals surface area contributed by atoms with Gasteiger partial charge >= 0.3 is 0 Å². The van der Waals surface area contributed by atoms with Crippen molar-refractivity contribution in [2.45, 2.75) is 26.7 Å². The van der Waals surface area contributed by atoms with Crippen LogP contribution in [-0.2, 0) is 4.79 Å². The lowest BCUT2D eigenvalue weighted by Gasteiger charge is -2.22. The van der Waals surface area contributed by atoms with Crippen molar-refractivity contribution in [3.05, 3.63) is 22.7 Å². The quantitative estimate of drug-likeness (QED) is 0.897. The third-order valence-electron chi connectivity index (χ3n) is 3.26. The predicted octanol–water partition coefficient (Wildman–Crippen LogP) is 3.73. The lowest BCUT2D eigenvalue weighted by molar-refractivity contribution is -0.123. The van der Waals surface area contributed by atoms with E-state index in [0.717, 1.165) is 4.47 Å². The number of methoxy groups -OCH3 is 1. The Bertz CT molecular complexity index is 505. The molecule has 0 bridgehead atoms. The number of hydrogen-bond donors (Lipinski definition) is 1. The van der Waals surface area contributed by atoms with Crippen LogP contribution in [0.5, 0.6) is 5.75 Å². The van der Waals surface area contributed by atoms with Crippen molar-refractivity contribution >= 4 is 27.5 Å². The van der Waals surface area contributed by atoms with Gasteiger partial charge in [-0.1, -0.05) is 13.8 Å². The van der Waals surface area contributed by atoms with E-state index in [2.05, 4.69) is 27.3 Å². The van der Waals surface area contributed by atoms with E-state index >= 15 is 0 Å². The number of halogens is 1. The van der Waals surface area contributed by atoms with Crippen LogP contribution in [0.3, 0.4) is 0 Å². The monoisotopic (exact) mass is 324 g/mol. The van der Waals surface area contributed by atoms with Gasteiger partial charge in [0.2, 0.25) is 5.91 Å². The summed E-state index contributed by atoms with van der Waals surface area (Å²) in [5.74, 6) is 0.359. The summed E-state index contributed by atoms with van der Waals surface area (Å²) in [6.45, 7) is 3.68. The molecule has 1 aromatic carbocycles. The van der Waals surface area contributed by atoms with E-state index in [4.69, 9.17) is 4.74 Å². The number of anilines is 1. The molecule has 0 saturated carbocycles. The summed E-state index contributed by atoms with van der Waals surface area (Å²) < 4.78 is 5.98. The Morgan fingerprint density at radius 2 is 2.11 bits per heavy atom. The Morgan fingerprint density at radius 3 is 2.58 bits per heavy atom. The van der Waals surface area contributed by atoms with E-state index in [1.165, 1.54) is 0 Å². The minimum atomic E-state index is -0.972. The minimum absolute atomic E-state index is 0.274. The predicted molar refractivity (Wildman–Crippen MR) is 78.0 cm³/mol. The summed E-state index contributed by atoms with van der Waals surface area (Å²) in [7, 11) is 1.56. The summed E-state index contributed by atoms with van der Waals surface area (Å²) in [6, 6.07) is 7.39. The zero-order valence-corrected chi connectivity index (χ0v) is 12.9. The molecule has 0 aliphatic carbocycles. The first-order valence-corrected chi connectivity index (χ1v) is 6.88. The Hall–Kier alpha value is -1.54. The summed E-state index contributed by atoms with van der Waals surface area (Å²) >= 11 is 3.35. The fraction of sp³-hybridized carbons (Fsp3) is 0.429. The standard InChI is InChI=1S/C14H17BrN2O2/c1-4-14(5-2,9-16)13(18)17-10-6-7-11(15)12(8-10)19-3/h6-8H,4-5H2,1-3H3,(H,17,18). The first-order chi connectivity index (χ1) is 9.02. The van der Waals surface area contributed by atoms with Crippen LogP contribution in [0.15, 0.2) is 22.7 Å². The molecular formula is C14H17BrN2O2. The average Bonchev–Trinajstić information content (AvgIpc) is 2.43. The molecule has 0 fully saturated rings. The number of nitrogens with zero attached hydrogens (tertiary/aromatic N) is 1. The average molecular weight is 325 g/mol. The normalized spacial score (nSPS) is 10.7. The molecule has 1 aromatic rings. The Kier molecular flexibility index (Phi) is 5.37. The van der Waals surface area contributed by atoms with Crippen LogP contribution in [0, 0.1) is 16.7 Å². The molecule has 0 heterocycles. The molecule has 0 aromatic heterocycles. The van der Waals surface area contributed by atoms with E-state index in [9.17, 15) is 10.1 Å². The second-order valence-electron chi connectivity index (χ2n) is 4.20. The highest BCUT2D eigenvalue weighted by Crippen LogP contribution is 2.31. The topological polar surface area (TPSA) is 62.1 Å². The third-order valence-corrected chi connectivity index (χ3v) is 3.92. The van der Waals surface area contributed by atoms with Crippen LogP contribution in [0.4, 0.5) is 5.69 Å². The summed E-state index contributed by atoms with van der Waals surface area (Å²) in [4.78, 5) is 12.2. The summed E-state index contributed by atoms with van der Waals surface area (Å²) in [5, 5.41) is 12.0. The fourth-order valence-corrected chi connectivity index (χ4v) is 2.18. The number of nitriles is 1. The van der Waals surface area contributed by atoms with E-state index < -0.39 is 5.41 Å². The van der Waals surface area contributed by atoms with Gasteiger partial charge in [-0.2, -0.15) is 5.26 Å². The van der Waals surface area contributed by atoms with Crippen molar-refractivity contribution in [3.8, 4) is 11.8 Å². The lowest BCUT2D eigenvalue weighted by atomic mass is 9.83. The maximum absolute atomic E-state index is 12.2. The maximum atomic E-state index is 12.2. The van der Waals surface area contributed by atoms with Crippen LogP contribution < -0.4 is 10.1 Å². The molecule has 1 rings (SSSR count). The zero-order chi connectivity index (χ0) is 14.5. The number of hydrogen-bond acceptors (Lipinski definition) is 3. The molecular weight excluding hydrogens is 308 g/mol. The van der Waals surface area contributed by atoms with Crippen molar-refractivity contribution in [3.63, 3.8) is 0 Å². The first kappa shape index (κ1) is 15.5. The Labute approximate surface area is 121 Å².